The first-order valence-corrected chi connectivity index (χ1v) is 3.62. The monoisotopic (exact) mass is 226 g/mol. The zero-order valence-corrected chi connectivity index (χ0v) is 8.93. The van der Waals surface area contributed by atoms with Crippen molar-refractivity contribution in [1.29, 1.82) is 0 Å². The van der Waals surface area contributed by atoms with Crippen LogP contribution in [-0.4, -0.2) is 39.3 Å². The van der Waals surface area contributed by atoms with E-state index in [1.54, 1.807) is 0 Å². The Labute approximate surface area is 91.5 Å². The Morgan fingerprint density at radius 3 is 0.462 bits per heavy atom. The van der Waals surface area contributed by atoms with E-state index in [-0.39, 0.29) is 56.6 Å². The third-order valence-electron chi connectivity index (χ3n) is 0.375. The minimum absolute atomic E-state index is 0. The quantitative estimate of drug-likeness (QED) is 0.695. The van der Waals surface area contributed by atoms with Gasteiger partial charge in [-0.25, -0.2) is 0 Å². The van der Waals surface area contributed by atoms with Crippen LogP contribution < -0.4 is 0 Å². The van der Waals surface area contributed by atoms with E-state index in [1.165, 1.54) is 0 Å². The van der Waals surface area contributed by atoms with Gasteiger partial charge in [0.1, 0.15) is 0 Å². The zero-order valence-electron chi connectivity index (χ0n) is 7.65. The summed E-state index contributed by atoms with van der Waals surface area (Å²) < 4.78 is 0. The van der Waals surface area contributed by atoms with Gasteiger partial charge in [-0.3, -0.25) is 0 Å². The first-order chi connectivity index (χ1) is 5.74. The molecular formula is C6H18CrN6-3. The van der Waals surface area contributed by atoms with Crippen molar-refractivity contribution in [3.05, 3.63) is 34.4 Å². The molecule has 0 aliphatic rings. The van der Waals surface area contributed by atoms with Crippen molar-refractivity contribution in [3.63, 3.8) is 0 Å². The van der Waals surface area contributed by atoms with E-state index in [0.29, 0.717) is 0 Å². The van der Waals surface area contributed by atoms with Gasteiger partial charge in [-0.05, 0) is 0 Å². The molecule has 0 amide bonds. The molecule has 0 rings (SSSR count). The number of hydrogen-bond donors (Lipinski definition) is 0. The minimum Gasteiger partial charge on any atom is -0.679 e. The molecule has 81 valence electrons. The maximum atomic E-state index is 6.26. The first kappa shape index (κ1) is 23.3. The largest absolute Gasteiger partial charge is 3.00 e. The van der Waals surface area contributed by atoms with Crippen LogP contribution in [0.1, 0.15) is 0 Å². The van der Waals surface area contributed by atoms with Crippen LogP contribution >= 0.6 is 0 Å². The summed E-state index contributed by atoms with van der Waals surface area (Å²) in [5.41, 5.74) is 37.6. The molecule has 0 fully saturated rings. The van der Waals surface area contributed by atoms with Crippen molar-refractivity contribution >= 4 is 0 Å². The van der Waals surface area contributed by atoms with Gasteiger partial charge in [-0.15, -0.1) is 0 Å². The van der Waals surface area contributed by atoms with Crippen molar-refractivity contribution in [2.24, 2.45) is 0 Å². The first-order valence-electron chi connectivity index (χ1n) is 3.62. The molecular weight excluding hydrogens is 208 g/mol. The van der Waals surface area contributed by atoms with Gasteiger partial charge >= 0.3 is 17.4 Å². The molecule has 0 aliphatic carbocycles. The van der Waals surface area contributed by atoms with Crippen LogP contribution in [0.5, 0.6) is 0 Å². The molecule has 7 heteroatoms. The zero-order chi connectivity index (χ0) is 10.2. The Bertz CT molecular complexity index is 32.6. The van der Waals surface area contributed by atoms with Gasteiger partial charge in [-0.1, -0.05) is 0 Å². The summed E-state index contributed by atoms with van der Waals surface area (Å²) in [6.45, 7) is 1.42. The van der Waals surface area contributed by atoms with Gasteiger partial charge in [0.25, 0.3) is 0 Å². The van der Waals surface area contributed by atoms with Crippen molar-refractivity contribution < 1.29 is 17.4 Å². The normalized spacial score (nSPS) is 6.92. The van der Waals surface area contributed by atoms with E-state index in [1.807, 2.05) is 0 Å². The van der Waals surface area contributed by atoms with E-state index >= 15 is 0 Å². The van der Waals surface area contributed by atoms with E-state index in [0.717, 1.165) is 0 Å². The van der Waals surface area contributed by atoms with Crippen LogP contribution in [0.3, 0.4) is 0 Å². The second-order valence-electron chi connectivity index (χ2n) is 1.50. The molecule has 0 saturated carbocycles. The smallest absolute Gasteiger partial charge is 0.679 e. The minimum atomic E-state index is 0. The third kappa shape index (κ3) is 120. The molecule has 0 heterocycles. The van der Waals surface area contributed by atoms with E-state index in [2.05, 4.69) is 0 Å². The fourth-order valence-corrected chi connectivity index (χ4v) is 0. The van der Waals surface area contributed by atoms with Gasteiger partial charge in [0.15, 0.2) is 0 Å². The summed E-state index contributed by atoms with van der Waals surface area (Å²) in [4.78, 5) is 0. The number of hydrogen-bond acceptors (Lipinski definition) is 0. The Kier molecular flexibility index (Phi) is 70.8. The number of rotatable bonds is 3. The van der Waals surface area contributed by atoms with Crippen LogP contribution in [0.4, 0.5) is 0 Å². The topological polar surface area (TPSA) is 143 Å². The van der Waals surface area contributed by atoms with Gasteiger partial charge < -0.3 is 34.4 Å². The predicted octanol–water partition coefficient (Wildman–Crippen LogP) is 3.27. The molecule has 0 aliphatic heterocycles. The average molecular weight is 226 g/mol. The molecule has 0 aromatic rings. The van der Waals surface area contributed by atoms with Gasteiger partial charge in [0, 0.05) is 0 Å². The molecule has 0 atom stereocenters. The van der Waals surface area contributed by atoms with E-state index in [4.69, 9.17) is 34.4 Å². The molecule has 0 aromatic carbocycles. The molecule has 6 N–H and O–H groups in total. The second-order valence-corrected chi connectivity index (χ2v) is 1.50. The standard InChI is InChI=1S/3C2H6N2.Cr/c3*3-1-2-4;/h3*3-4H,1-2H2;/q3*-2;+3. The summed E-state index contributed by atoms with van der Waals surface area (Å²) in [7, 11) is 0. The summed E-state index contributed by atoms with van der Waals surface area (Å²) in [6.07, 6.45) is 0. The SMILES string of the molecule is [Cr+3].[NH-]CC[NH-].[NH-]CC[NH-].[NH-]CC[NH-]. The van der Waals surface area contributed by atoms with Gasteiger partial charge in [-0.2, -0.15) is 39.3 Å². The molecule has 0 spiro atoms. The molecule has 0 bridgehead atoms. The molecule has 0 saturated heterocycles. The van der Waals surface area contributed by atoms with Crippen molar-refractivity contribution in [3.8, 4) is 0 Å². The van der Waals surface area contributed by atoms with Crippen LogP contribution in [0.15, 0.2) is 0 Å². The van der Waals surface area contributed by atoms with Crippen LogP contribution in [-0.2, 0) is 17.4 Å². The van der Waals surface area contributed by atoms with Crippen molar-refractivity contribution in [2.75, 3.05) is 39.3 Å². The summed E-state index contributed by atoms with van der Waals surface area (Å²) >= 11 is 0. The third-order valence-corrected chi connectivity index (χ3v) is 0.375. The summed E-state index contributed by atoms with van der Waals surface area (Å²) in [5, 5.41) is 0. The van der Waals surface area contributed by atoms with Crippen LogP contribution in [0.2, 0.25) is 0 Å². The van der Waals surface area contributed by atoms with Crippen LogP contribution in [0.25, 0.3) is 34.4 Å². The van der Waals surface area contributed by atoms with Crippen molar-refractivity contribution in [1.82, 2.24) is 0 Å². The Morgan fingerprint density at radius 1 is 0.385 bits per heavy atom. The number of nitrogens with one attached hydrogen (secondary N) is 6. The Morgan fingerprint density at radius 2 is 0.462 bits per heavy atom. The van der Waals surface area contributed by atoms with E-state index < -0.39 is 0 Å². The van der Waals surface area contributed by atoms with Gasteiger partial charge in [0.2, 0.25) is 0 Å². The summed E-state index contributed by atoms with van der Waals surface area (Å²) in [6, 6.07) is 0. The van der Waals surface area contributed by atoms with Gasteiger partial charge in [0.05, 0.1) is 0 Å². The van der Waals surface area contributed by atoms with Crippen LogP contribution in [0, 0.1) is 0 Å². The fraction of sp³-hybridized carbons (Fsp3) is 1.00. The van der Waals surface area contributed by atoms with Crippen molar-refractivity contribution in [2.45, 2.75) is 0 Å². The second kappa shape index (κ2) is 39.6. The predicted molar refractivity (Wildman–Crippen MR) is 55.1 cm³/mol. The Balaban J connectivity index is -0.0000000450. The maximum absolute atomic E-state index is 6.26. The Hall–Kier alpha value is 0.292. The maximum Gasteiger partial charge on any atom is 3.00 e. The molecule has 0 aromatic heterocycles. The molecule has 13 heavy (non-hydrogen) atoms. The molecule has 1 radical (unpaired) electrons. The summed E-state index contributed by atoms with van der Waals surface area (Å²) in [5.74, 6) is 0. The fourth-order valence-electron chi connectivity index (χ4n) is 0. The van der Waals surface area contributed by atoms with E-state index in [9.17, 15) is 0 Å². The molecule has 0 unspecified atom stereocenters. The molecule has 6 nitrogen and oxygen atoms in total. The average Bonchev–Trinajstić information content (AvgIpc) is 2.18.